The van der Waals surface area contributed by atoms with Crippen molar-refractivity contribution < 1.29 is 14.5 Å². The summed E-state index contributed by atoms with van der Waals surface area (Å²) in [5, 5.41) is 10.6. The molecule has 0 aliphatic rings. The molecule has 124 valence electrons. The first-order valence-electron chi connectivity index (χ1n) is 8.00. The summed E-state index contributed by atoms with van der Waals surface area (Å²) < 4.78 is 5.27. The first-order valence-corrected chi connectivity index (χ1v) is 8.00. The van der Waals surface area contributed by atoms with Crippen molar-refractivity contribution in [3.05, 3.63) is 39.9 Å². The van der Waals surface area contributed by atoms with Crippen LogP contribution in [0.3, 0.4) is 0 Å². The van der Waals surface area contributed by atoms with Gasteiger partial charge in [0.05, 0.1) is 10.5 Å². The van der Waals surface area contributed by atoms with Crippen LogP contribution in [0.5, 0.6) is 0 Å². The van der Waals surface area contributed by atoms with Crippen LogP contribution in [-0.2, 0) is 4.74 Å². The standard InChI is InChI=1S/C18H23NO4/c1-3-5-6-7-8-9-10-17(4-2)23-18(20)15-11-13-16(14-12-15)19(21)22/h2,11-14,17H,3,5-10H2,1H3. The summed E-state index contributed by atoms with van der Waals surface area (Å²) in [6.45, 7) is 2.17. The van der Waals surface area contributed by atoms with Crippen molar-refractivity contribution in [1.82, 2.24) is 0 Å². The quantitative estimate of drug-likeness (QED) is 0.209. The highest BCUT2D eigenvalue weighted by Crippen LogP contribution is 2.15. The Morgan fingerprint density at radius 1 is 1.22 bits per heavy atom. The molecule has 0 aliphatic heterocycles. The Bertz CT molecular complexity index is 545. The van der Waals surface area contributed by atoms with Gasteiger partial charge >= 0.3 is 5.97 Å². The molecule has 0 saturated heterocycles. The van der Waals surface area contributed by atoms with Crippen LogP contribution in [0, 0.1) is 22.5 Å². The summed E-state index contributed by atoms with van der Waals surface area (Å²) in [6.07, 6.45) is 12.3. The maximum Gasteiger partial charge on any atom is 0.339 e. The molecule has 0 radical (unpaired) electrons. The highest BCUT2D eigenvalue weighted by molar-refractivity contribution is 5.89. The highest BCUT2D eigenvalue weighted by Gasteiger charge is 2.15. The summed E-state index contributed by atoms with van der Waals surface area (Å²) in [6, 6.07) is 5.29. The predicted octanol–water partition coefficient (Wildman–Crippen LogP) is 4.50. The third-order valence-corrected chi connectivity index (χ3v) is 3.57. The molecule has 0 fully saturated rings. The molecular formula is C18H23NO4. The minimum atomic E-state index is -0.552. The van der Waals surface area contributed by atoms with Gasteiger partial charge in [0.25, 0.3) is 5.69 Å². The van der Waals surface area contributed by atoms with Crippen LogP contribution < -0.4 is 0 Å². The Labute approximate surface area is 137 Å². The number of unbranched alkanes of at least 4 members (excludes halogenated alkanes) is 5. The molecule has 1 aromatic carbocycles. The number of carbonyl (C=O) groups excluding carboxylic acids is 1. The Hall–Kier alpha value is -2.35. The number of terminal acetylenes is 1. The lowest BCUT2D eigenvalue weighted by molar-refractivity contribution is -0.384. The van der Waals surface area contributed by atoms with Gasteiger partial charge in [-0.3, -0.25) is 10.1 Å². The Kier molecular flexibility index (Phi) is 8.45. The number of non-ortho nitro benzene ring substituents is 1. The van der Waals surface area contributed by atoms with E-state index in [0.29, 0.717) is 6.42 Å². The number of benzene rings is 1. The molecule has 0 saturated carbocycles. The monoisotopic (exact) mass is 317 g/mol. The van der Waals surface area contributed by atoms with Crippen LogP contribution in [-0.4, -0.2) is 17.0 Å². The van der Waals surface area contributed by atoms with E-state index in [2.05, 4.69) is 12.8 Å². The number of esters is 1. The predicted molar refractivity (Wildman–Crippen MR) is 89.1 cm³/mol. The molecule has 0 heterocycles. The molecule has 23 heavy (non-hydrogen) atoms. The summed E-state index contributed by atoms with van der Waals surface area (Å²) in [7, 11) is 0. The van der Waals surface area contributed by atoms with Crippen molar-refractivity contribution in [3.8, 4) is 12.3 Å². The Balaban J connectivity index is 2.41. The van der Waals surface area contributed by atoms with E-state index in [9.17, 15) is 14.9 Å². The van der Waals surface area contributed by atoms with Crippen molar-refractivity contribution in [3.63, 3.8) is 0 Å². The largest absolute Gasteiger partial charge is 0.446 e. The number of nitro benzene ring substituents is 1. The summed E-state index contributed by atoms with van der Waals surface area (Å²) in [5.74, 6) is 1.94. The summed E-state index contributed by atoms with van der Waals surface area (Å²) in [5.41, 5.74) is 0.195. The molecular weight excluding hydrogens is 294 g/mol. The molecule has 0 amide bonds. The van der Waals surface area contributed by atoms with E-state index in [1.807, 2.05) is 0 Å². The fourth-order valence-corrected chi connectivity index (χ4v) is 2.20. The molecule has 5 heteroatoms. The highest BCUT2D eigenvalue weighted by atomic mass is 16.6. The second-order valence-electron chi connectivity index (χ2n) is 5.42. The number of carbonyl (C=O) groups is 1. The molecule has 1 rings (SSSR count). The Morgan fingerprint density at radius 2 is 1.83 bits per heavy atom. The van der Waals surface area contributed by atoms with Gasteiger partial charge in [-0.2, -0.15) is 0 Å². The first-order chi connectivity index (χ1) is 11.1. The average molecular weight is 317 g/mol. The minimum absolute atomic E-state index is 0.0675. The molecule has 0 aromatic heterocycles. The lowest BCUT2D eigenvalue weighted by Gasteiger charge is -2.12. The van der Waals surface area contributed by atoms with Gasteiger partial charge in [-0.1, -0.05) is 44.9 Å². The zero-order valence-corrected chi connectivity index (χ0v) is 13.5. The second-order valence-corrected chi connectivity index (χ2v) is 5.42. The van der Waals surface area contributed by atoms with Gasteiger partial charge < -0.3 is 4.74 Å². The van der Waals surface area contributed by atoms with Crippen LogP contribution in [0.2, 0.25) is 0 Å². The Morgan fingerprint density at radius 3 is 2.39 bits per heavy atom. The van der Waals surface area contributed by atoms with Crippen molar-refractivity contribution >= 4 is 11.7 Å². The molecule has 0 aliphatic carbocycles. The number of hydrogen-bond donors (Lipinski definition) is 0. The van der Waals surface area contributed by atoms with E-state index in [1.54, 1.807) is 0 Å². The zero-order valence-electron chi connectivity index (χ0n) is 13.5. The van der Waals surface area contributed by atoms with Gasteiger partial charge in [0.15, 0.2) is 6.10 Å². The molecule has 5 nitrogen and oxygen atoms in total. The maximum atomic E-state index is 12.0. The van der Waals surface area contributed by atoms with E-state index in [-0.39, 0.29) is 11.3 Å². The molecule has 0 N–H and O–H groups in total. The van der Waals surface area contributed by atoms with Crippen molar-refractivity contribution in [1.29, 1.82) is 0 Å². The van der Waals surface area contributed by atoms with Gasteiger partial charge in [0.1, 0.15) is 0 Å². The van der Waals surface area contributed by atoms with Crippen LogP contribution in [0.25, 0.3) is 0 Å². The van der Waals surface area contributed by atoms with E-state index < -0.39 is 17.0 Å². The van der Waals surface area contributed by atoms with Crippen molar-refractivity contribution in [2.24, 2.45) is 0 Å². The molecule has 1 aromatic rings. The molecule has 1 atom stereocenters. The SMILES string of the molecule is C#CC(CCCCCCCC)OC(=O)c1ccc([N+](=O)[O-])cc1. The second kappa shape index (κ2) is 10.4. The number of nitrogens with zero attached hydrogens (tertiary/aromatic N) is 1. The van der Waals surface area contributed by atoms with Gasteiger partial charge in [0.2, 0.25) is 0 Å². The molecule has 1 unspecified atom stereocenters. The zero-order chi connectivity index (χ0) is 17.1. The fraction of sp³-hybridized carbons (Fsp3) is 0.500. The smallest absolute Gasteiger partial charge is 0.339 e. The first kappa shape index (κ1) is 18.7. The van der Waals surface area contributed by atoms with Gasteiger partial charge in [-0.25, -0.2) is 4.79 Å². The molecule has 0 spiro atoms. The fourth-order valence-electron chi connectivity index (χ4n) is 2.20. The average Bonchev–Trinajstić information content (AvgIpc) is 2.56. The van der Waals surface area contributed by atoms with Crippen molar-refractivity contribution in [2.75, 3.05) is 0 Å². The topological polar surface area (TPSA) is 69.4 Å². The number of rotatable bonds is 10. The van der Waals surface area contributed by atoms with Crippen LogP contribution in [0.15, 0.2) is 24.3 Å². The van der Waals surface area contributed by atoms with Gasteiger partial charge in [-0.05, 0) is 25.0 Å². The lowest BCUT2D eigenvalue weighted by Crippen LogP contribution is -2.16. The van der Waals surface area contributed by atoms with Gasteiger partial charge in [0, 0.05) is 12.1 Å². The third kappa shape index (κ3) is 6.96. The maximum absolute atomic E-state index is 12.0. The normalized spacial score (nSPS) is 11.5. The van der Waals surface area contributed by atoms with Crippen LogP contribution in [0.1, 0.15) is 62.2 Å². The summed E-state index contributed by atoms with van der Waals surface area (Å²) in [4.78, 5) is 22.0. The van der Waals surface area contributed by atoms with E-state index >= 15 is 0 Å². The number of hydrogen-bond acceptors (Lipinski definition) is 4. The van der Waals surface area contributed by atoms with Gasteiger partial charge in [-0.15, -0.1) is 6.42 Å². The minimum Gasteiger partial charge on any atom is -0.446 e. The summed E-state index contributed by atoms with van der Waals surface area (Å²) >= 11 is 0. The van der Waals surface area contributed by atoms with Crippen LogP contribution in [0.4, 0.5) is 5.69 Å². The lowest BCUT2D eigenvalue weighted by atomic mass is 10.1. The van der Waals surface area contributed by atoms with E-state index in [4.69, 9.17) is 11.2 Å². The third-order valence-electron chi connectivity index (χ3n) is 3.57. The van der Waals surface area contributed by atoms with E-state index in [0.717, 1.165) is 12.8 Å². The molecule has 0 bridgehead atoms. The van der Waals surface area contributed by atoms with E-state index in [1.165, 1.54) is 49.9 Å². The van der Waals surface area contributed by atoms with Crippen LogP contribution >= 0.6 is 0 Å². The number of ether oxygens (including phenoxy) is 1. The van der Waals surface area contributed by atoms with Crippen molar-refractivity contribution in [2.45, 2.75) is 58.0 Å². The number of nitro groups is 1.